The van der Waals surface area contributed by atoms with Crippen molar-refractivity contribution < 1.29 is 9.53 Å². The van der Waals surface area contributed by atoms with Crippen LogP contribution in [0.3, 0.4) is 0 Å². The largest absolute Gasteiger partial charge is 0.351 e. The normalized spacial score (nSPS) is 17.3. The van der Waals surface area contributed by atoms with E-state index in [0.29, 0.717) is 33.6 Å². The maximum atomic E-state index is 13.0. The molecule has 0 unspecified atom stereocenters. The van der Waals surface area contributed by atoms with Crippen LogP contribution in [0, 0.1) is 5.41 Å². The van der Waals surface area contributed by atoms with Crippen LogP contribution in [-0.4, -0.2) is 37.9 Å². The number of aromatic nitrogens is 4. The lowest BCUT2D eigenvalue weighted by Gasteiger charge is -2.20. The minimum absolute atomic E-state index is 0.248. The van der Waals surface area contributed by atoms with E-state index in [4.69, 9.17) is 33.3 Å². The molecule has 0 saturated heterocycles. The molecule has 0 bridgehead atoms. The fourth-order valence-corrected chi connectivity index (χ4v) is 3.64. The summed E-state index contributed by atoms with van der Waals surface area (Å²) in [5.41, 5.74) is 4.08. The molecule has 10 nitrogen and oxygen atoms in total. The summed E-state index contributed by atoms with van der Waals surface area (Å²) in [5.74, 6) is -0.111. The van der Waals surface area contributed by atoms with Crippen molar-refractivity contribution in [3.8, 4) is 0 Å². The van der Waals surface area contributed by atoms with Gasteiger partial charge < -0.3 is 15.5 Å². The van der Waals surface area contributed by atoms with Gasteiger partial charge in [-0.15, -0.1) is 0 Å². The van der Waals surface area contributed by atoms with Crippen LogP contribution in [0.5, 0.6) is 0 Å². The second-order valence-electron chi connectivity index (χ2n) is 6.91. The van der Waals surface area contributed by atoms with Crippen molar-refractivity contribution in [1.82, 2.24) is 19.6 Å². The number of ether oxygens (including phenoxy) is 1. The minimum atomic E-state index is -0.899. The summed E-state index contributed by atoms with van der Waals surface area (Å²) in [7, 11) is 0. The van der Waals surface area contributed by atoms with Crippen molar-refractivity contribution in [1.29, 1.82) is 5.41 Å². The first kappa shape index (κ1) is 20.2. The lowest BCUT2D eigenvalue weighted by Crippen LogP contribution is -2.24. The lowest BCUT2D eigenvalue weighted by atomic mass is 10.0. The Morgan fingerprint density at radius 2 is 2.13 bits per heavy atom. The predicted molar refractivity (Wildman–Crippen MR) is 114 cm³/mol. The highest BCUT2D eigenvalue weighted by atomic mass is 35.5. The first-order valence-electron chi connectivity index (χ1n) is 8.77. The van der Waals surface area contributed by atoms with Crippen molar-refractivity contribution in [3.63, 3.8) is 0 Å². The van der Waals surface area contributed by atoms with E-state index in [0.717, 1.165) is 6.21 Å². The molecule has 3 aromatic rings. The summed E-state index contributed by atoms with van der Waals surface area (Å²) >= 11 is 12.2. The van der Waals surface area contributed by atoms with Crippen LogP contribution in [0.1, 0.15) is 31.2 Å². The molecule has 4 rings (SSSR count). The monoisotopic (exact) mass is 446 g/mol. The number of pyridine rings is 1. The molecular formula is C18H16Cl2N8O2. The molecule has 30 heavy (non-hydrogen) atoms. The number of hydrazone groups is 1. The summed E-state index contributed by atoms with van der Waals surface area (Å²) in [4.78, 5) is 21.4. The van der Waals surface area contributed by atoms with E-state index >= 15 is 0 Å². The SMILES string of the molecule is CC1(C)O[C@H](C(=O)Nc2cnc(N/N=C\C=N)c(Cl)c2)c2cnc3cc(Cl)nn3c21. The van der Waals surface area contributed by atoms with Crippen molar-refractivity contribution in [2.75, 3.05) is 10.7 Å². The maximum Gasteiger partial charge on any atom is 0.258 e. The Morgan fingerprint density at radius 3 is 2.87 bits per heavy atom. The van der Waals surface area contributed by atoms with Gasteiger partial charge in [0.1, 0.15) is 5.60 Å². The Kier molecular flexibility index (Phi) is 5.14. The molecule has 1 amide bonds. The molecule has 3 aromatic heterocycles. The standard InChI is InChI=1S/C18H16Cl2N8O2/c1-18(2)15-10(8-22-13-6-12(20)27-28(13)15)14(30-18)17(29)25-9-5-11(19)16(23-7-9)26-24-4-3-21/h3-8,14,21H,1-2H3,(H,23,26)(H,25,29)/b21-3?,24-4-/t14-/m0/s1. The van der Waals surface area contributed by atoms with Crippen molar-refractivity contribution in [2.45, 2.75) is 25.6 Å². The number of rotatable bonds is 5. The smallest absolute Gasteiger partial charge is 0.258 e. The van der Waals surface area contributed by atoms with E-state index in [-0.39, 0.29) is 5.02 Å². The number of anilines is 2. The fourth-order valence-electron chi connectivity index (χ4n) is 3.25. The maximum absolute atomic E-state index is 13.0. The predicted octanol–water partition coefficient (Wildman–Crippen LogP) is 3.42. The number of amides is 1. The summed E-state index contributed by atoms with van der Waals surface area (Å²) in [6.07, 6.45) is 4.38. The molecule has 1 aliphatic rings. The molecule has 154 valence electrons. The van der Waals surface area contributed by atoms with Gasteiger partial charge in [0, 0.05) is 24.0 Å². The number of nitrogens with zero attached hydrogens (tertiary/aromatic N) is 5. The van der Waals surface area contributed by atoms with Gasteiger partial charge in [-0.1, -0.05) is 23.2 Å². The average molecular weight is 447 g/mol. The zero-order valence-corrected chi connectivity index (χ0v) is 17.4. The van der Waals surface area contributed by atoms with E-state index in [1.165, 1.54) is 18.5 Å². The topological polar surface area (TPSA) is 130 Å². The molecule has 0 fully saturated rings. The molecule has 1 atom stereocenters. The highest BCUT2D eigenvalue weighted by Gasteiger charge is 2.44. The van der Waals surface area contributed by atoms with E-state index in [1.54, 1.807) is 16.8 Å². The van der Waals surface area contributed by atoms with Crippen LogP contribution in [0.15, 0.2) is 29.6 Å². The number of carbonyl (C=O) groups is 1. The van der Waals surface area contributed by atoms with Crippen LogP contribution < -0.4 is 10.7 Å². The Hall–Kier alpha value is -3.08. The highest BCUT2D eigenvalue weighted by Crippen LogP contribution is 2.43. The second kappa shape index (κ2) is 7.63. The Morgan fingerprint density at radius 1 is 1.33 bits per heavy atom. The second-order valence-corrected chi connectivity index (χ2v) is 7.70. The van der Waals surface area contributed by atoms with Crippen LogP contribution in [0.4, 0.5) is 11.5 Å². The Labute approximate surface area is 180 Å². The third kappa shape index (κ3) is 3.60. The van der Waals surface area contributed by atoms with Crippen LogP contribution in [0.25, 0.3) is 5.65 Å². The molecule has 0 radical (unpaired) electrons. The zero-order chi connectivity index (χ0) is 21.5. The third-order valence-electron chi connectivity index (χ3n) is 4.41. The highest BCUT2D eigenvalue weighted by molar-refractivity contribution is 6.33. The van der Waals surface area contributed by atoms with E-state index in [1.807, 2.05) is 13.8 Å². The average Bonchev–Trinajstić information content (AvgIpc) is 3.19. The molecule has 1 aliphatic heterocycles. The van der Waals surface area contributed by atoms with Crippen molar-refractivity contribution >= 4 is 58.7 Å². The third-order valence-corrected chi connectivity index (χ3v) is 4.89. The van der Waals surface area contributed by atoms with Crippen molar-refractivity contribution in [2.24, 2.45) is 5.10 Å². The van der Waals surface area contributed by atoms with Gasteiger partial charge in [0.2, 0.25) is 0 Å². The Balaban J connectivity index is 1.60. The number of nitrogens with one attached hydrogen (secondary N) is 3. The summed E-state index contributed by atoms with van der Waals surface area (Å²) in [6, 6.07) is 3.17. The molecule has 0 aromatic carbocycles. The molecule has 0 spiro atoms. The molecular weight excluding hydrogens is 431 g/mol. The molecule has 12 heteroatoms. The number of hydrogen-bond donors (Lipinski definition) is 3. The first-order valence-corrected chi connectivity index (χ1v) is 9.53. The minimum Gasteiger partial charge on any atom is -0.351 e. The van der Waals surface area contributed by atoms with Gasteiger partial charge in [0.15, 0.2) is 22.7 Å². The number of carbonyl (C=O) groups excluding carboxylic acids is 1. The zero-order valence-electron chi connectivity index (χ0n) is 15.8. The fraction of sp³-hybridized carbons (Fsp3) is 0.222. The van der Waals surface area contributed by atoms with Gasteiger partial charge in [-0.3, -0.25) is 10.2 Å². The number of halogens is 2. The van der Waals surface area contributed by atoms with Gasteiger partial charge in [-0.2, -0.15) is 10.2 Å². The molecule has 0 aliphatic carbocycles. The summed E-state index contributed by atoms with van der Waals surface area (Å²) in [6.45, 7) is 3.70. The first-order chi connectivity index (χ1) is 14.3. The molecule has 4 heterocycles. The Bertz CT molecular complexity index is 1190. The van der Waals surface area contributed by atoms with E-state index in [9.17, 15) is 4.79 Å². The van der Waals surface area contributed by atoms with Gasteiger partial charge in [0.25, 0.3) is 5.91 Å². The quantitative estimate of drug-likeness (QED) is 0.406. The summed E-state index contributed by atoms with van der Waals surface area (Å²) < 4.78 is 7.62. The molecule has 3 N–H and O–H groups in total. The van der Waals surface area contributed by atoms with Crippen LogP contribution >= 0.6 is 23.2 Å². The van der Waals surface area contributed by atoms with Gasteiger partial charge in [0.05, 0.1) is 28.8 Å². The lowest BCUT2D eigenvalue weighted by molar-refractivity contribution is -0.135. The van der Waals surface area contributed by atoms with E-state index < -0.39 is 17.6 Å². The van der Waals surface area contributed by atoms with Gasteiger partial charge in [-0.25, -0.2) is 14.5 Å². The van der Waals surface area contributed by atoms with Crippen LogP contribution in [-0.2, 0) is 15.1 Å². The summed E-state index contributed by atoms with van der Waals surface area (Å²) in [5, 5.41) is 18.2. The van der Waals surface area contributed by atoms with E-state index in [2.05, 4.69) is 30.9 Å². The number of hydrogen-bond acceptors (Lipinski definition) is 8. The van der Waals surface area contributed by atoms with Crippen LogP contribution in [0.2, 0.25) is 10.2 Å². The van der Waals surface area contributed by atoms with Gasteiger partial charge in [-0.05, 0) is 19.9 Å². The number of fused-ring (bicyclic) bond motifs is 3. The van der Waals surface area contributed by atoms with Crippen molar-refractivity contribution in [3.05, 3.63) is 46.0 Å². The van der Waals surface area contributed by atoms with Gasteiger partial charge >= 0.3 is 0 Å². The molecule has 0 saturated carbocycles.